The number of nitrogens with one attached hydrogen (secondary N) is 1. The molecule has 4 heterocycles. The predicted molar refractivity (Wildman–Crippen MR) is 197 cm³/mol. The molecule has 6 aliphatic rings. The molecule has 3 aromatic carbocycles. The van der Waals surface area contributed by atoms with Crippen LogP contribution in [0, 0.1) is 23.6 Å². The molecule has 52 heavy (non-hydrogen) atoms. The topological polar surface area (TPSA) is 96.4 Å². The summed E-state index contributed by atoms with van der Waals surface area (Å²) in [4.78, 5) is 46.0. The fourth-order valence-corrected chi connectivity index (χ4v) is 9.93. The summed E-state index contributed by atoms with van der Waals surface area (Å²) < 4.78 is 15.9. The first kappa shape index (κ1) is 33.4. The van der Waals surface area contributed by atoms with E-state index in [1.54, 1.807) is 17.0 Å². The number of hydrogen-bond donors (Lipinski definition) is 2. The molecule has 3 atom stereocenters. The van der Waals surface area contributed by atoms with Crippen molar-refractivity contribution in [3.8, 4) is 5.75 Å². The number of carbonyl (C=O) groups is 3. The molecule has 0 bridgehead atoms. The fourth-order valence-electron chi connectivity index (χ4n) is 9.93. The number of phenolic OH excluding ortho intramolecular Hbond substituents is 1. The van der Waals surface area contributed by atoms with Crippen molar-refractivity contribution >= 4 is 29.1 Å². The molecule has 1 saturated carbocycles. The van der Waals surface area contributed by atoms with Gasteiger partial charge in [-0.05, 0) is 127 Å². The number of piperazine rings is 1. The van der Waals surface area contributed by atoms with Crippen LogP contribution in [0.25, 0.3) is 0 Å². The van der Waals surface area contributed by atoms with E-state index in [0.717, 1.165) is 99.9 Å². The first-order chi connectivity index (χ1) is 25.3. The van der Waals surface area contributed by atoms with E-state index in [1.807, 2.05) is 24.3 Å². The number of fused-ring (bicyclic) bond motifs is 2. The summed E-state index contributed by atoms with van der Waals surface area (Å²) in [7, 11) is 0. The van der Waals surface area contributed by atoms with Crippen LogP contribution in [0.4, 0.5) is 15.8 Å². The number of amides is 3. The van der Waals surface area contributed by atoms with Gasteiger partial charge in [0.1, 0.15) is 17.6 Å². The number of anilines is 2. The van der Waals surface area contributed by atoms with E-state index in [4.69, 9.17) is 0 Å². The average Bonchev–Trinajstić information content (AvgIpc) is 3.95. The monoisotopic (exact) mass is 705 g/mol. The molecule has 10 heteroatoms. The van der Waals surface area contributed by atoms with Crippen molar-refractivity contribution in [3.05, 3.63) is 88.2 Å². The number of halogens is 1. The highest BCUT2D eigenvalue weighted by Gasteiger charge is 2.42. The van der Waals surface area contributed by atoms with Gasteiger partial charge < -0.3 is 19.8 Å². The highest BCUT2D eigenvalue weighted by Crippen LogP contribution is 2.52. The second-order valence-electron chi connectivity index (χ2n) is 16.1. The van der Waals surface area contributed by atoms with Gasteiger partial charge >= 0.3 is 0 Å². The van der Waals surface area contributed by atoms with E-state index in [0.29, 0.717) is 36.1 Å². The second-order valence-corrected chi connectivity index (χ2v) is 16.1. The first-order valence-electron chi connectivity index (χ1n) is 19.4. The Morgan fingerprint density at radius 3 is 2.33 bits per heavy atom. The third kappa shape index (κ3) is 6.33. The number of hydrogen-bond acceptors (Lipinski definition) is 7. The molecule has 3 aromatic rings. The Hall–Kier alpha value is -4.44. The summed E-state index contributed by atoms with van der Waals surface area (Å²) in [6.45, 7) is 6.94. The third-order valence-corrected chi connectivity index (χ3v) is 12.9. The third-order valence-electron chi connectivity index (χ3n) is 12.9. The second kappa shape index (κ2) is 13.5. The van der Waals surface area contributed by atoms with Crippen molar-refractivity contribution < 1.29 is 23.9 Å². The van der Waals surface area contributed by atoms with Crippen LogP contribution in [-0.2, 0) is 22.6 Å². The van der Waals surface area contributed by atoms with Gasteiger partial charge in [-0.2, -0.15) is 0 Å². The van der Waals surface area contributed by atoms with Crippen LogP contribution in [0.3, 0.4) is 0 Å². The van der Waals surface area contributed by atoms with Gasteiger partial charge in [0, 0.05) is 75.9 Å². The Morgan fingerprint density at radius 1 is 0.769 bits per heavy atom. The number of aryl methyl sites for hydroxylation is 1. The van der Waals surface area contributed by atoms with E-state index in [9.17, 15) is 19.5 Å². The maximum atomic E-state index is 15.9. The molecule has 272 valence electrons. The van der Waals surface area contributed by atoms with Gasteiger partial charge in [-0.25, -0.2) is 4.39 Å². The molecule has 9 rings (SSSR count). The molecule has 3 saturated heterocycles. The highest BCUT2D eigenvalue weighted by atomic mass is 19.1. The van der Waals surface area contributed by atoms with E-state index < -0.39 is 6.04 Å². The van der Waals surface area contributed by atoms with Crippen molar-refractivity contribution in [2.45, 2.75) is 69.9 Å². The highest BCUT2D eigenvalue weighted by molar-refractivity contribution is 6.05. The summed E-state index contributed by atoms with van der Waals surface area (Å²) in [6, 6.07) is 17.2. The van der Waals surface area contributed by atoms with Crippen molar-refractivity contribution in [1.82, 2.24) is 15.1 Å². The van der Waals surface area contributed by atoms with Gasteiger partial charge in [-0.1, -0.05) is 12.1 Å². The zero-order chi connectivity index (χ0) is 35.5. The maximum Gasteiger partial charge on any atom is 0.255 e. The summed E-state index contributed by atoms with van der Waals surface area (Å²) in [5, 5.41) is 12.5. The van der Waals surface area contributed by atoms with E-state index in [-0.39, 0.29) is 35.9 Å². The largest absolute Gasteiger partial charge is 0.508 e. The minimum Gasteiger partial charge on any atom is -0.508 e. The number of phenols is 1. The van der Waals surface area contributed by atoms with Gasteiger partial charge in [0.05, 0.1) is 5.69 Å². The van der Waals surface area contributed by atoms with Crippen LogP contribution in [0.1, 0.15) is 83.5 Å². The summed E-state index contributed by atoms with van der Waals surface area (Å²) >= 11 is 0. The molecule has 2 N–H and O–H groups in total. The molecule has 2 aliphatic carbocycles. The molecule has 0 unspecified atom stereocenters. The normalized spacial score (nSPS) is 25.7. The standard InChI is InChI=1S/C42H48FN5O4/c43-36-23-29(40-33(27-1-2-27)7-3-28-22-32(49)6-9-34(28)40)4-10-37(36)47-15-13-26(14-16-47)24-45-17-19-46(20-18-45)31-5-8-35-30(21-31)25-48(42(35)52)38-11-12-39(50)44-41(38)51/h4-6,8-10,21-23,26-27,33,38,40,49H,1-3,7,11-20,24-25H2,(H,44,50,51)/t33-,38+,40+/m1/s1. The van der Waals surface area contributed by atoms with E-state index in [2.05, 4.69) is 38.2 Å². The number of aromatic hydroxyl groups is 1. The minimum atomic E-state index is -0.599. The van der Waals surface area contributed by atoms with E-state index >= 15 is 4.39 Å². The Balaban J connectivity index is 0.779. The number of imide groups is 1. The van der Waals surface area contributed by atoms with Crippen LogP contribution in [0.2, 0.25) is 0 Å². The Kier molecular flexibility index (Phi) is 8.68. The maximum absolute atomic E-state index is 15.9. The smallest absolute Gasteiger partial charge is 0.255 e. The molecule has 3 amide bonds. The lowest BCUT2D eigenvalue weighted by Crippen LogP contribution is -2.52. The molecular formula is C42H48FN5O4. The summed E-state index contributed by atoms with van der Waals surface area (Å²) in [5.74, 6) is 1.44. The van der Waals surface area contributed by atoms with Crippen LogP contribution in [0.5, 0.6) is 5.75 Å². The Morgan fingerprint density at radius 2 is 1.58 bits per heavy atom. The number of carbonyl (C=O) groups excluding carboxylic acids is 3. The zero-order valence-electron chi connectivity index (χ0n) is 29.7. The summed E-state index contributed by atoms with van der Waals surface area (Å²) in [6.07, 6.45) is 7.34. The van der Waals surface area contributed by atoms with Gasteiger partial charge in [0.2, 0.25) is 11.8 Å². The lowest BCUT2D eigenvalue weighted by atomic mass is 9.70. The average molecular weight is 706 g/mol. The molecule has 9 nitrogen and oxygen atoms in total. The predicted octanol–water partition coefficient (Wildman–Crippen LogP) is 5.44. The van der Waals surface area contributed by atoms with Gasteiger partial charge in [-0.15, -0.1) is 0 Å². The van der Waals surface area contributed by atoms with Gasteiger partial charge in [-0.3, -0.25) is 24.6 Å². The van der Waals surface area contributed by atoms with Crippen molar-refractivity contribution in [2.24, 2.45) is 17.8 Å². The fraction of sp³-hybridized carbons (Fsp3) is 0.500. The Labute approximate surface area is 304 Å². The van der Waals surface area contributed by atoms with Crippen molar-refractivity contribution in [3.63, 3.8) is 0 Å². The number of piperidine rings is 2. The van der Waals surface area contributed by atoms with E-state index in [1.165, 1.54) is 24.0 Å². The van der Waals surface area contributed by atoms with Crippen molar-refractivity contribution in [2.75, 3.05) is 55.6 Å². The molecule has 0 radical (unpaired) electrons. The SMILES string of the molecule is O=C1CC[C@H](N2Cc3cc(N4CCN(CC5CCN(c6ccc([C@@H]7c8ccc(O)cc8CC[C@@H]7C7CC7)cc6F)CC5)CC4)ccc3C2=O)C(=O)N1. The van der Waals surface area contributed by atoms with Gasteiger partial charge in [0.15, 0.2) is 0 Å². The van der Waals surface area contributed by atoms with Gasteiger partial charge in [0.25, 0.3) is 5.91 Å². The number of nitrogens with zero attached hydrogens (tertiary/aromatic N) is 4. The summed E-state index contributed by atoms with van der Waals surface area (Å²) in [5.41, 5.74) is 6.95. The van der Waals surface area contributed by atoms with Crippen LogP contribution in [0.15, 0.2) is 54.6 Å². The van der Waals surface area contributed by atoms with Crippen LogP contribution < -0.4 is 15.1 Å². The van der Waals surface area contributed by atoms with Crippen LogP contribution in [-0.4, -0.2) is 84.5 Å². The molecule has 0 spiro atoms. The minimum absolute atomic E-state index is 0.118. The number of rotatable bonds is 7. The quantitative estimate of drug-likeness (QED) is 0.317. The van der Waals surface area contributed by atoms with Crippen molar-refractivity contribution in [1.29, 1.82) is 0 Å². The molecule has 4 aliphatic heterocycles. The molecule has 0 aromatic heterocycles. The lowest BCUT2D eigenvalue weighted by molar-refractivity contribution is -0.136. The molecular weight excluding hydrogens is 657 g/mol. The first-order valence-corrected chi connectivity index (χ1v) is 19.4. The lowest BCUT2D eigenvalue weighted by Gasteiger charge is -2.40. The number of benzene rings is 3. The Bertz CT molecular complexity index is 1900. The molecule has 4 fully saturated rings. The van der Waals surface area contributed by atoms with Crippen LogP contribution >= 0.6 is 0 Å². The zero-order valence-corrected chi connectivity index (χ0v) is 29.7.